The van der Waals surface area contributed by atoms with Crippen LogP contribution in [0.3, 0.4) is 0 Å². The maximum Gasteiger partial charge on any atom is 0.327 e. The van der Waals surface area contributed by atoms with Crippen LogP contribution in [-0.4, -0.2) is 58.2 Å². The molecule has 8 heteroatoms. The minimum Gasteiger partial charge on any atom is -0.480 e. The van der Waals surface area contributed by atoms with Gasteiger partial charge in [-0.1, -0.05) is 0 Å². The van der Waals surface area contributed by atoms with Crippen LogP contribution in [0.1, 0.15) is 19.8 Å². The molecular weight excluding hydrogens is 282 g/mol. The van der Waals surface area contributed by atoms with Crippen LogP contribution in [0.2, 0.25) is 0 Å². The van der Waals surface area contributed by atoms with Gasteiger partial charge in [0, 0.05) is 12.8 Å². The Balaban J connectivity index is 2.06. The molecule has 0 aromatic carbocycles. The molecule has 3 N–H and O–H groups in total. The summed E-state index contributed by atoms with van der Waals surface area (Å²) in [6, 6.07) is -1.98. The molecule has 2 aliphatic rings. The van der Waals surface area contributed by atoms with Crippen molar-refractivity contribution in [3.8, 4) is 0 Å². The molecule has 1 saturated heterocycles. The number of hydrogen-bond donors (Lipinski definition) is 3. The number of amides is 3. The number of nitrogens with one attached hydrogen (secondary N) is 2. The zero-order valence-electron chi connectivity index (χ0n) is 11.5. The fraction of sp³-hybridized carbons (Fsp3) is 0.750. The molecule has 0 radical (unpaired) electrons. The minimum atomic E-state index is -0.997. The van der Waals surface area contributed by atoms with Crippen LogP contribution in [-0.2, 0) is 9.59 Å². The highest BCUT2D eigenvalue weighted by molar-refractivity contribution is 8.00. The zero-order chi connectivity index (χ0) is 14.9. The number of urea groups is 1. The fourth-order valence-corrected chi connectivity index (χ4v) is 3.89. The third-order valence-electron chi connectivity index (χ3n) is 3.56. The Labute approximate surface area is 121 Å². The molecule has 3 unspecified atom stereocenters. The average molecular weight is 301 g/mol. The van der Waals surface area contributed by atoms with E-state index in [1.807, 2.05) is 0 Å². The van der Waals surface area contributed by atoms with E-state index in [2.05, 4.69) is 10.6 Å². The highest BCUT2D eigenvalue weighted by Gasteiger charge is 2.48. The first-order valence-electron chi connectivity index (χ1n) is 6.60. The second-order valence-corrected chi connectivity index (χ2v) is 6.26. The zero-order valence-corrected chi connectivity index (χ0v) is 12.3. The normalized spacial score (nSPS) is 27.0. The van der Waals surface area contributed by atoms with Gasteiger partial charge in [-0.25, -0.2) is 9.59 Å². The maximum atomic E-state index is 12.3. The summed E-state index contributed by atoms with van der Waals surface area (Å²) in [5.41, 5.74) is 0. The van der Waals surface area contributed by atoms with Gasteiger partial charge in [-0.05, 0) is 25.7 Å². The second kappa shape index (κ2) is 5.90. The average Bonchev–Trinajstić information content (AvgIpc) is 3.15. The lowest BCUT2D eigenvalue weighted by molar-refractivity contribution is -0.141. The number of carbonyl (C=O) groups excluding carboxylic acids is 2. The number of carbonyl (C=O) groups is 3. The number of nitrogens with zero attached hydrogens (tertiary/aromatic N) is 1. The van der Waals surface area contributed by atoms with E-state index in [1.165, 1.54) is 23.7 Å². The van der Waals surface area contributed by atoms with Gasteiger partial charge >= 0.3 is 12.0 Å². The molecule has 2 rings (SSSR count). The molecule has 7 nitrogen and oxygen atoms in total. The molecule has 1 saturated carbocycles. The summed E-state index contributed by atoms with van der Waals surface area (Å²) in [6.07, 6.45) is 2.05. The Hall–Kier alpha value is -1.44. The molecule has 0 bridgehead atoms. The van der Waals surface area contributed by atoms with Crippen LogP contribution >= 0.6 is 11.8 Å². The first-order valence-corrected chi connectivity index (χ1v) is 7.65. The number of likely N-dealkylation sites (N-methyl/N-ethyl adjacent to an activating group) is 1. The summed E-state index contributed by atoms with van der Waals surface area (Å²) in [5, 5.41) is 14.2. The van der Waals surface area contributed by atoms with Crippen LogP contribution < -0.4 is 10.6 Å². The second-order valence-electron chi connectivity index (χ2n) is 5.11. The molecule has 0 aromatic rings. The lowest BCUT2D eigenvalue weighted by Crippen LogP contribution is -2.54. The molecule has 0 aromatic heterocycles. The Kier molecular flexibility index (Phi) is 4.42. The highest BCUT2D eigenvalue weighted by atomic mass is 32.2. The predicted octanol–water partition coefficient (Wildman–Crippen LogP) is 0.0686. The number of aliphatic carboxylic acids is 1. The lowest BCUT2D eigenvalue weighted by Gasteiger charge is -2.28. The van der Waals surface area contributed by atoms with Gasteiger partial charge in [0.15, 0.2) is 0 Å². The van der Waals surface area contributed by atoms with Crippen molar-refractivity contribution in [3.05, 3.63) is 0 Å². The van der Waals surface area contributed by atoms with E-state index in [-0.39, 0.29) is 11.3 Å². The quantitative estimate of drug-likeness (QED) is 0.682. The summed E-state index contributed by atoms with van der Waals surface area (Å²) < 4.78 is 0. The van der Waals surface area contributed by atoms with Crippen LogP contribution in [0.25, 0.3) is 0 Å². The van der Waals surface area contributed by atoms with E-state index < -0.39 is 24.1 Å². The minimum absolute atomic E-state index is 0.0898. The van der Waals surface area contributed by atoms with Crippen molar-refractivity contribution in [2.24, 2.45) is 5.92 Å². The number of hydrogen-bond acceptors (Lipinski definition) is 4. The summed E-state index contributed by atoms with van der Waals surface area (Å²) in [7, 11) is 1.49. The van der Waals surface area contributed by atoms with E-state index in [0.29, 0.717) is 11.7 Å². The van der Waals surface area contributed by atoms with Crippen LogP contribution in [0, 0.1) is 5.92 Å². The summed E-state index contributed by atoms with van der Waals surface area (Å²) in [4.78, 5) is 36.4. The molecular formula is C12H19N3O4S. The topological polar surface area (TPSA) is 98.7 Å². The first-order chi connectivity index (χ1) is 9.45. The first kappa shape index (κ1) is 15.0. The Bertz CT molecular complexity index is 427. The standard InChI is InChI=1S/C12H19N3O4S/c1-6(9(16)13-2)14-12(19)15-8(11(17)18)5-20-10(15)7-3-4-7/h6-8,10H,3-5H2,1-2H3,(H,13,16)(H,14,19)(H,17,18). The Morgan fingerprint density at radius 3 is 2.50 bits per heavy atom. The third-order valence-corrected chi connectivity index (χ3v) is 5.02. The summed E-state index contributed by atoms with van der Waals surface area (Å²) in [5.74, 6) is -0.521. The SMILES string of the molecule is CNC(=O)C(C)NC(=O)N1C(C(=O)O)CSC1C1CC1. The third kappa shape index (κ3) is 3.00. The van der Waals surface area contributed by atoms with Crippen LogP contribution in [0.5, 0.6) is 0 Å². The van der Waals surface area contributed by atoms with E-state index in [9.17, 15) is 19.5 Å². The van der Waals surface area contributed by atoms with Crippen molar-refractivity contribution in [1.82, 2.24) is 15.5 Å². The van der Waals surface area contributed by atoms with E-state index in [4.69, 9.17) is 0 Å². The van der Waals surface area contributed by atoms with Crippen molar-refractivity contribution in [3.63, 3.8) is 0 Å². The molecule has 2 fully saturated rings. The van der Waals surface area contributed by atoms with Gasteiger partial charge in [-0.15, -0.1) is 11.8 Å². The van der Waals surface area contributed by atoms with Gasteiger partial charge in [-0.2, -0.15) is 0 Å². The van der Waals surface area contributed by atoms with Crippen molar-refractivity contribution >= 4 is 29.7 Å². The van der Waals surface area contributed by atoms with Crippen LogP contribution in [0.15, 0.2) is 0 Å². The fourth-order valence-electron chi connectivity index (χ4n) is 2.26. The van der Waals surface area contributed by atoms with Crippen molar-refractivity contribution in [2.45, 2.75) is 37.2 Å². The van der Waals surface area contributed by atoms with Gasteiger partial charge < -0.3 is 15.7 Å². The largest absolute Gasteiger partial charge is 0.480 e. The molecule has 112 valence electrons. The Morgan fingerprint density at radius 2 is 2.00 bits per heavy atom. The van der Waals surface area contributed by atoms with Gasteiger partial charge in [0.05, 0.1) is 5.37 Å². The smallest absolute Gasteiger partial charge is 0.327 e. The number of carboxylic acid groups (broad SMARTS) is 1. The van der Waals surface area contributed by atoms with Crippen molar-refractivity contribution in [2.75, 3.05) is 12.8 Å². The molecule has 1 heterocycles. The lowest BCUT2D eigenvalue weighted by atomic mass is 10.2. The molecule has 3 amide bonds. The van der Waals surface area contributed by atoms with Gasteiger partial charge in [0.25, 0.3) is 0 Å². The van der Waals surface area contributed by atoms with Gasteiger partial charge in [-0.3, -0.25) is 9.69 Å². The van der Waals surface area contributed by atoms with Crippen LogP contribution in [0.4, 0.5) is 4.79 Å². The highest BCUT2D eigenvalue weighted by Crippen LogP contribution is 2.45. The predicted molar refractivity (Wildman–Crippen MR) is 74.3 cm³/mol. The molecule has 1 aliphatic carbocycles. The van der Waals surface area contributed by atoms with Gasteiger partial charge in [0.2, 0.25) is 5.91 Å². The molecule has 0 spiro atoms. The Morgan fingerprint density at radius 1 is 1.35 bits per heavy atom. The molecule has 3 atom stereocenters. The molecule has 20 heavy (non-hydrogen) atoms. The monoisotopic (exact) mass is 301 g/mol. The maximum absolute atomic E-state index is 12.3. The number of thioether (sulfide) groups is 1. The molecule has 1 aliphatic heterocycles. The summed E-state index contributed by atoms with van der Waals surface area (Å²) >= 11 is 1.51. The van der Waals surface area contributed by atoms with Gasteiger partial charge in [0.1, 0.15) is 12.1 Å². The van der Waals surface area contributed by atoms with E-state index in [1.54, 1.807) is 6.92 Å². The van der Waals surface area contributed by atoms with E-state index >= 15 is 0 Å². The summed E-state index contributed by atoms with van der Waals surface area (Å²) in [6.45, 7) is 1.57. The van der Waals surface area contributed by atoms with Crippen molar-refractivity contribution in [1.29, 1.82) is 0 Å². The number of carboxylic acids is 1. The van der Waals surface area contributed by atoms with E-state index in [0.717, 1.165) is 12.8 Å². The number of rotatable bonds is 4. The van der Waals surface area contributed by atoms with Crippen molar-refractivity contribution < 1.29 is 19.5 Å².